The summed E-state index contributed by atoms with van der Waals surface area (Å²) in [4.78, 5) is 19.1. The maximum atomic E-state index is 11.6. The molecule has 1 heterocycles. The number of hydrogen-bond acceptors (Lipinski definition) is 4. The molecule has 108 valence electrons. The van der Waals surface area contributed by atoms with Crippen LogP contribution in [0.1, 0.15) is 55.8 Å². The molecular weight excluding hydrogens is 254 g/mol. The van der Waals surface area contributed by atoms with Crippen molar-refractivity contribution in [3.63, 3.8) is 0 Å². The molecule has 0 aliphatic heterocycles. The number of pyridine rings is 1. The number of oxime groups is 1. The average Bonchev–Trinajstić information content (AvgIpc) is 2.43. The van der Waals surface area contributed by atoms with E-state index in [-0.39, 0.29) is 11.1 Å². The number of aromatic amines is 1. The lowest BCUT2D eigenvalue weighted by Crippen LogP contribution is -2.16. The fourth-order valence-electron chi connectivity index (χ4n) is 2.06. The Morgan fingerprint density at radius 2 is 2.20 bits per heavy atom. The van der Waals surface area contributed by atoms with Crippen LogP contribution in [-0.2, 0) is 4.84 Å². The van der Waals surface area contributed by atoms with Gasteiger partial charge < -0.3 is 9.82 Å². The number of rotatable bonds is 7. The van der Waals surface area contributed by atoms with Gasteiger partial charge in [0, 0.05) is 11.3 Å². The molecule has 1 N–H and O–H groups in total. The second-order valence-electron chi connectivity index (χ2n) is 4.69. The van der Waals surface area contributed by atoms with Crippen molar-refractivity contribution in [1.29, 1.82) is 5.26 Å². The highest BCUT2D eigenvalue weighted by Gasteiger charge is 2.12. The largest absolute Gasteiger partial charge is 0.399 e. The molecule has 0 radical (unpaired) electrons. The van der Waals surface area contributed by atoms with Gasteiger partial charge in [0.2, 0.25) is 0 Å². The lowest BCUT2D eigenvalue weighted by Gasteiger charge is -2.09. The fraction of sp³-hybridized carbons (Fsp3) is 0.533. The van der Waals surface area contributed by atoms with E-state index in [1.165, 1.54) is 20.0 Å². The van der Waals surface area contributed by atoms with E-state index >= 15 is 0 Å². The van der Waals surface area contributed by atoms with E-state index < -0.39 is 0 Å². The van der Waals surface area contributed by atoms with Crippen LogP contribution < -0.4 is 5.56 Å². The van der Waals surface area contributed by atoms with Gasteiger partial charge in [0.25, 0.3) is 5.56 Å². The number of hydrogen-bond donors (Lipinski definition) is 1. The predicted molar refractivity (Wildman–Crippen MR) is 78.8 cm³/mol. The Kier molecular flexibility index (Phi) is 6.51. The van der Waals surface area contributed by atoms with Gasteiger partial charge in [-0.25, -0.2) is 0 Å². The van der Waals surface area contributed by atoms with Gasteiger partial charge in [-0.05, 0) is 25.8 Å². The summed E-state index contributed by atoms with van der Waals surface area (Å²) < 4.78 is 0. The predicted octanol–water partition coefficient (Wildman–Crippen LogP) is 2.88. The number of nitrogens with one attached hydrogen (secondary N) is 1. The van der Waals surface area contributed by atoms with Crippen molar-refractivity contribution in [1.82, 2.24) is 4.98 Å². The van der Waals surface area contributed by atoms with Gasteiger partial charge in [-0.3, -0.25) is 4.79 Å². The molecule has 0 aromatic carbocycles. The fourth-order valence-corrected chi connectivity index (χ4v) is 2.06. The minimum absolute atomic E-state index is 0.1000. The molecule has 0 aliphatic carbocycles. The minimum atomic E-state index is -0.364. The lowest BCUT2D eigenvalue weighted by atomic mass is 10.0. The summed E-state index contributed by atoms with van der Waals surface area (Å²) in [5.41, 5.74) is 1.99. The molecule has 5 heteroatoms. The second-order valence-corrected chi connectivity index (χ2v) is 4.69. The third-order valence-corrected chi connectivity index (χ3v) is 3.14. The van der Waals surface area contributed by atoms with Gasteiger partial charge in [0.1, 0.15) is 18.7 Å². The van der Waals surface area contributed by atoms with Crippen LogP contribution in [-0.4, -0.2) is 17.8 Å². The molecule has 0 unspecified atom stereocenters. The van der Waals surface area contributed by atoms with Crippen LogP contribution >= 0.6 is 0 Å². The Morgan fingerprint density at radius 1 is 1.45 bits per heavy atom. The summed E-state index contributed by atoms with van der Waals surface area (Å²) in [5, 5.41) is 13.0. The van der Waals surface area contributed by atoms with Gasteiger partial charge >= 0.3 is 0 Å². The average molecular weight is 275 g/mol. The van der Waals surface area contributed by atoms with Crippen LogP contribution in [0.2, 0.25) is 0 Å². The van der Waals surface area contributed by atoms with Crippen molar-refractivity contribution in [3.05, 3.63) is 33.2 Å². The quantitative estimate of drug-likeness (QED) is 0.472. The summed E-state index contributed by atoms with van der Waals surface area (Å²) in [6, 6.07) is 3.49. The normalized spacial score (nSPS) is 11.2. The first-order chi connectivity index (χ1) is 9.63. The van der Waals surface area contributed by atoms with Gasteiger partial charge in [-0.2, -0.15) is 5.26 Å². The molecule has 20 heavy (non-hydrogen) atoms. The van der Waals surface area contributed by atoms with Crippen molar-refractivity contribution in [3.8, 4) is 6.07 Å². The van der Waals surface area contributed by atoms with Gasteiger partial charge in [-0.15, -0.1) is 0 Å². The summed E-state index contributed by atoms with van der Waals surface area (Å²) >= 11 is 0. The minimum Gasteiger partial charge on any atom is -0.399 e. The Bertz CT molecular complexity index is 567. The van der Waals surface area contributed by atoms with Crippen LogP contribution in [0.25, 0.3) is 0 Å². The van der Waals surface area contributed by atoms with Gasteiger partial charge in [0.15, 0.2) is 0 Å². The molecular formula is C15H21N3O2. The van der Waals surface area contributed by atoms with Crippen molar-refractivity contribution in [2.45, 2.75) is 46.0 Å². The number of unbranched alkanes of at least 4 members (excludes halogenated alkanes) is 3. The standard InChI is InChI=1S/C15H21N3O2/c1-4-5-6-7-8-14(18-20-3)13-9-12(10-16)15(19)17-11(13)2/h9H,4-8H2,1-3H3,(H,17,19). The molecule has 0 atom stereocenters. The summed E-state index contributed by atoms with van der Waals surface area (Å²) in [6.45, 7) is 3.96. The summed E-state index contributed by atoms with van der Waals surface area (Å²) in [5.74, 6) is 0. The van der Waals surface area contributed by atoms with E-state index in [9.17, 15) is 4.79 Å². The molecule has 0 fully saturated rings. The molecule has 0 saturated carbocycles. The van der Waals surface area contributed by atoms with Gasteiger partial charge in [-0.1, -0.05) is 31.3 Å². The Morgan fingerprint density at radius 3 is 2.80 bits per heavy atom. The third-order valence-electron chi connectivity index (χ3n) is 3.14. The van der Waals surface area contributed by atoms with Crippen LogP contribution in [0.5, 0.6) is 0 Å². The van der Waals surface area contributed by atoms with E-state index in [4.69, 9.17) is 10.1 Å². The van der Waals surface area contributed by atoms with Crippen LogP contribution in [0.3, 0.4) is 0 Å². The molecule has 0 saturated heterocycles. The Balaban J connectivity index is 3.01. The number of aryl methyl sites for hydroxylation is 1. The van der Waals surface area contributed by atoms with Gasteiger partial charge in [0.05, 0.1) is 5.71 Å². The van der Waals surface area contributed by atoms with Crippen molar-refractivity contribution in [2.75, 3.05) is 7.11 Å². The smallest absolute Gasteiger partial charge is 0.266 e. The maximum absolute atomic E-state index is 11.6. The summed E-state index contributed by atoms with van der Waals surface area (Å²) in [7, 11) is 1.50. The van der Waals surface area contributed by atoms with E-state index in [1.54, 1.807) is 13.0 Å². The highest BCUT2D eigenvalue weighted by Crippen LogP contribution is 2.13. The van der Waals surface area contributed by atoms with Crippen molar-refractivity contribution >= 4 is 5.71 Å². The highest BCUT2D eigenvalue weighted by atomic mass is 16.6. The summed E-state index contributed by atoms with van der Waals surface area (Å²) in [6.07, 6.45) is 5.27. The Labute approximate surface area is 119 Å². The number of H-pyrrole nitrogens is 1. The van der Waals surface area contributed by atoms with Crippen LogP contribution in [0.15, 0.2) is 16.0 Å². The van der Waals surface area contributed by atoms with Crippen LogP contribution in [0.4, 0.5) is 0 Å². The highest BCUT2D eigenvalue weighted by molar-refractivity contribution is 6.01. The maximum Gasteiger partial charge on any atom is 0.266 e. The van der Waals surface area contributed by atoms with E-state index in [2.05, 4.69) is 17.1 Å². The Hall–Kier alpha value is -2.09. The SMILES string of the molecule is CCCCCCC(=NOC)c1cc(C#N)c(=O)[nH]c1C. The number of nitriles is 1. The third kappa shape index (κ3) is 4.23. The van der Waals surface area contributed by atoms with Crippen LogP contribution in [0, 0.1) is 18.3 Å². The van der Waals surface area contributed by atoms with E-state index in [0.717, 1.165) is 30.5 Å². The molecule has 1 aromatic rings. The molecule has 0 aliphatic rings. The van der Waals surface area contributed by atoms with E-state index in [0.29, 0.717) is 5.69 Å². The van der Waals surface area contributed by atoms with Crippen molar-refractivity contribution < 1.29 is 4.84 Å². The first kappa shape index (κ1) is 16.0. The second kappa shape index (κ2) is 8.16. The first-order valence-corrected chi connectivity index (χ1v) is 6.88. The lowest BCUT2D eigenvalue weighted by molar-refractivity contribution is 0.212. The van der Waals surface area contributed by atoms with E-state index in [1.807, 2.05) is 6.07 Å². The molecule has 1 aromatic heterocycles. The zero-order valence-electron chi connectivity index (χ0n) is 12.3. The number of nitrogens with zero attached hydrogens (tertiary/aromatic N) is 2. The molecule has 5 nitrogen and oxygen atoms in total. The first-order valence-electron chi connectivity index (χ1n) is 6.88. The molecule has 0 amide bonds. The number of aromatic nitrogens is 1. The molecule has 1 rings (SSSR count). The van der Waals surface area contributed by atoms with Crippen molar-refractivity contribution in [2.24, 2.45) is 5.16 Å². The molecule has 0 bridgehead atoms. The zero-order chi connectivity index (χ0) is 15.0. The monoisotopic (exact) mass is 275 g/mol. The topological polar surface area (TPSA) is 78.2 Å². The zero-order valence-corrected chi connectivity index (χ0v) is 12.3. The molecule has 0 spiro atoms.